The highest BCUT2D eigenvalue weighted by molar-refractivity contribution is 5.92. The van der Waals surface area contributed by atoms with Crippen molar-refractivity contribution < 1.29 is 14.3 Å². The number of carboxylic acids is 1. The lowest BCUT2D eigenvalue weighted by Crippen LogP contribution is -2.07. The Morgan fingerprint density at radius 3 is 2.76 bits per heavy atom. The second-order valence-corrected chi connectivity index (χ2v) is 3.59. The smallest absolute Gasteiger partial charge is 0.341 e. The molecule has 88 valence electrons. The fourth-order valence-electron chi connectivity index (χ4n) is 1.57. The molecular formula is C11H10FN3O2. The molecule has 0 saturated carbocycles. The summed E-state index contributed by atoms with van der Waals surface area (Å²) in [4.78, 5) is 10.8. The molecule has 2 rings (SSSR count). The van der Waals surface area contributed by atoms with Crippen molar-refractivity contribution in [3.8, 4) is 5.69 Å². The van der Waals surface area contributed by atoms with Gasteiger partial charge in [0.1, 0.15) is 17.2 Å². The third kappa shape index (κ3) is 1.84. The normalized spacial score (nSPS) is 10.5. The van der Waals surface area contributed by atoms with Crippen molar-refractivity contribution in [2.24, 2.45) is 0 Å². The Hall–Kier alpha value is -2.37. The van der Waals surface area contributed by atoms with Gasteiger partial charge in [-0.25, -0.2) is 13.9 Å². The predicted molar refractivity (Wildman–Crippen MR) is 59.6 cm³/mol. The number of nitrogen functional groups attached to an aromatic ring is 1. The number of carbonyl (C=O) groups is 1. The van der Waals surface area contributed by atoms with Gasteiger partial charge in [-0.2, -0.15) is 5.10 Å². The van der Waals surface area contributed by atoms with E-state index in [4.69, 9.17) is 10.8 Å². The predicted octanol–water partition coefficient (Wildman–Crippen LogP) is 1.60. The number of aromatic nitrogens is 2. The highest BCUT2D eigenvalue weighted by atomic mass is 19.1. The molecule has 2 aromatic rings. The van der Waals surface area contributed by atoms with Crippen LogP contribution in [0.1, 0.15) is 15.9 Å². The van der Waals surface area contributed by atoms with Gasteiger partial charge in [0, 0.05) is 0 Å². The molecule has 0 aliphatic heterocycles. The fraction of sp³-hybridized carbons (Fsp3) is 0.0909. The number of rotatable bonds is 2. The number of nitrogens with zero attached hydrogens (tertiary/aromatic N) is 2. The quantitative estimate of drug-likeness (QED) is 0.828. The highest BCUT2D eigenvalue weighted by Gasteiger charge is 2.15. The number of hydrogen-bond donors (Lipinski definition) is 2. The van der Waals surface area contributed by atoms with Crippen LogP contribution in [0.3, 0.4) is 0 Å². The zero-order valence-corrected chi connectivity index (χ0v) is 9.01. The molecule has 1 aromatic heterocycles. The van der Waals surface area contributed by atoms with Gasteiger partial charge in [-0.3, -0.25) is 0 Å². The van der Waals surface area contributed by atoms with Crippen molar-refractivity contribution in [2.45, 2.75) is 6.92 Å². The SMILES string of the molecule is Cc1cc(F)ccc1-n1ncc(C(=O)O)c1N. The lowest BCUT2D eigenvalue weighted by Gasteiger charge is -2.07. The minimum absolute atomic E-state index is 0.0206. The van der Waals surface area contributed by atoms with E-state index in [-0.39, 0.29) is 17.2 Å². The van der Waals surface area contributed by atoms with Crippen LogP contribution in [0.4, 0.5) is 10.2 Å². The number of anilines is 1. The van der Waals surface area contributed by atoms with E-state index in [0.29, 0.717) is 11.3 Å². The third-order valence-electron chi connectivity index (χ3n) is 2.42. The van der Waals surface area contributed by atoms with Crippen LogP contribution >= 0.6 is 0 Å². The standard InChI is InChI=1S/C11H10FN3O2/c1-6-4-7(12)2-3-9(6)15-10(13)8(5-14-15)11(16)17/h2-5H,13H2,1H3,(H,16,17). The summed E-state index contributed by atoms with van der Waals surface area (Å²) in [5.74, 6) is -1.49. The summed E-state index contributed by atoms with van der Waals surface area (Å²) in [5.41, 5.74) is 6.77. The molecule has 0 bridgehead atoms. The maximum atomic E-state index is 12.9. The lowest BCUT2D eigenvalue weighted by molar-refractivity contribution is 0.0698. The van der Waals surface area contributed by atoms with Crippen LogP contribution in [-0.4, -0.2) is 20.9 Å². The van der Waals surface area contributed by atoms with Gasteiger partial charge in [0.05, 0.1) is 11.9 Å². The van der Waals surface area contributed by atoms with Crippen molar-refractivity contribution >= 4 is 11.8 Å². The Labute approximate surface area is 96.3 Å². The van der Waals surface area contributed by atoms with Crippen molar-refractivity contribution in [3.63, 3.8) is 0 Å². The van der Waals surface area contributed by atoms with E-state index < -0.39 is 5.97 Å². The number of aromatic carboxylic acids is 1. The fourth-order valence-corrected chi connectivity index (χ4v) is 1.57. The molecule has 0 aliphatic rings. The van der Waals surface area contributed by atoms with Crippen molar-refractivity contribution in [2.75, 3.05) is 5.73 Å². The lowest BCUT2D eigenvalue weighted by atomic mass is 10.2. The Balaban J connectivity index is 2.57. The summed E-state index contributed by atoms with van der Waals surface area (Å²) in [7, 11) is 0. The van der Waals surface area contributed by atoms with Crippen LogP contribution < -0.4 is 5.73 Å². The topological polar surface area (TPSA) is 81.1 Å². The number of halogens is 1. The minimum Gasteiger partial charge on any atom is -0.477 e. The first-order valence-electron chi connectivity index (χ1n) is 4.84. The van der Waals surface area contributed by atoms with Crippen LogP contribution in [0.2, 0.25) is 0 Å². The molecule has 0 radical (unpaired) electrons. The number of aryl methyl sites for hydroxylation is 1. The second-order valence-electron chi connectivity index (χ2n) is 3.59. The van der Waals surface area contributed by atoms with Crippen molar-refractivity contribution in [1.29, 1.82) is 0 Å². The molecular weight excluding hydrogens is 225 g/mol. The molecule has 5 nitrogen and oxygen atoms in total. The van der Waals surface area contributed by atoms with E-state index in [1.54, 1.807) is 6.92 Å². The first kappa shape index (κ1) is 11.1. The van der Waals surface area contributed by atoms with Gasteiger partial charge in [0.25, 0.3) is 0 Å². The van der Waals surface area contributed by atoms with Gasteiger partial charge < -0.3 is 10.8 Å². The van der Waals surface area contributed by atoms with Crippen molar-refractivity contribution in [3.05, 3.63) is 41.3 Å². The number of nitrogens with two attached hydrogens (primary N) is 1. The molecule has 0 amide bonds. The summed E-state index contributed by atoms with van der Waals surface area (Å²) >= 11 is 0. The summed E-state index contributed by atoms with van der Waals surface area (Å²) in [6, 6.07) is 4.10. The second kappa shape index (κ2) is 3.89. The van der Waals surface area contributed by atoms with Crippen LogP contribution in [0.25, 0.3) is 5.69 Å². The molecule has 0 unspecified atom stereocenters. The molecule has 17 heavy (non-hydrogen) atoms. The Bertz CT molecular complexity index is 592. The highest BCUT2D eigenvalue weighted by Crippen LogP contribution is 2.20. The average molecular weight is 235 g/mol. The van der Waals surface area contributed by atoms with Gasteiger partial charge >= 0.3 is 5.97 Å². The van der Waals surface area contributed by atoms with E-state index >= 15 is 0 Å². The molecule has 1 heterocycles. The summed E-state index contributed by atoms with van der Waals surface area (Å²) in [6.07, 6.45) is 1.17. The summed E-state index contributed by atoms with van der Waals surface area (Å²) in [6.45, 7) is 1.69. The summed E-state index contributed by atoms with van der Waals surface area (Å²) in [5, 5.41) is 12.7. The van der Waals surface area contributed by atoms with E-state index in [1.807, 2.05) is 0 Å². The molecule has 1 aromatic carbocycles. The molecule has 0 aliphatic carbocycles. The number of carboxylic acid groups (broad SMARTS) is 1. The van der Waals surface area contributed by atoms with Crippen LogP contribution in [0, 0.1) is 12.7 Å². The third-order valence-corrected chi connectivity index (χ3v) is 2.42. The summed E-state index contributed by atoms with van der Waals surface area (Å²) < 4.78 is 14.2. The Morgan fingerprint density at radius 1 is 1.53 bits per heavy atom. The van der Waals surface area contributed by atoms with Gasteiger partial charge in [-0.1, -0.05) is 0 Å². The zero-order valence-electron chi connectivity index (χ0n) is 9.01. The molecule has 3 N–H and O–H groups in total. The van der Waals surface area contributed by atoms with Gasteiger partial charge in [0.15, 0.2) is 0 Å². The average Bonchev–Trinajstić information content (AvgIpc) is 2.60. The van der Waals surface area contributed by atoms with Gasteiger partial charge in [-0.15, -0.1) is 0 Å². The van der Waals surface area contributed by atoms with E-state index in [9.17, 15) is 9.18 Å². The maximum Gasteiger partial charge on any atom is 0.341 e. The van der Waals surface area contributed by atoms with E-state index in [1.165, 1.54) is 29.1 Å². The molecule has 6 heteroatoms. The number of benzene rings is 1. The first-order chi connectivity index (χ1) is 8.00. The maximum absolute atomic E-state index is 12.9. The van der Waals surface area contributed by atoms with Gasteiger partial charge in [-0.05, 0) is 30.7 Å². The largest absolute Gasteiger partial charge is 0.477 e. The van der Waals surface area contributed by atoms with Gasteiger partial charge in [0.2, 0.25) is 0 Å². The van der Waals surface area contributed by atoms with Crippen LogP contribution in [0.15, 0.2) is 24.4 Å². The van der Waals surface area contributed by atoms with E-state index in [2.05, 4.69) is 5.10 Å². The minimum atomic E-state index is -1.14. The number of hydrogen-bond acceptors (Lipinski definition) is 3. The zero-order chi connectivity index (χ0) is 12.6. The molecule has 0 fully saturated rings. The Morgan fingerprint density at radius 2 is 2.24 bits per heavy atom. The molecule has 0 atom stereocenters. The monoisotopic (exact) mass is 235 g/mol. The van der Waals surface area contributed by atoms with Crippen molar-refractivity contribution in [1.82, 2.24) is 9.78 Å². The van der Waals surface area contributed by atoms with Crippen LogP contribution in [0.5, 0.6) is 0 Å². The Kier molecular flexibility index (Phi) is 2.55. The van der Waals surface area contributed by atoms with Crippen LogP contribution in [-0.2, 0) is 0 Å². The molecule has 0 spiro atoms. The molecule has 0 saturated heterocycles. The van der Waals surface area contributed by atoms with E-state index in [0.717, 1.165) is 0 Å². The first-order valence-corrected chi connectivity index (χ1v) is 4.84.